The fourth-order valence-corrected chi connectivity index (χ4v) is 4.42. The van der Waals surface area contributed by atoms with E-state index in [1.54, 1.807) is 42.7 Å². The van der Waals surface area contributed by atoms with E-state index in [2.05, 4.69) is 35.6 Å². The number of aromatic nitrogens is 5. The second-order valence-electron chi connectivity index (χ2n) is 8.95. The van der Waals surface area contributed by atoms with E-state index in [-0.39, 0.29) is 18.1 Å². The highest BCUT2D eigenvalue weighted by atomic mass is 19.1. The number of rotatable bonds is 7. The monoisotopic (exact) mass is 519 g/mol. The van der Waals surface area contributed by atoms with Crippen LogP contribution in [0.5, 0.6) is 0 Å². The molecule has 4 N–H and O–H groups in total. The number of anilines is 1. The highest BCUT2D eigenvalue weighted by molar-refractivity contribution is 5.99. The van der Waals surface area contributed by atoms with Gasteiger partial charge in [-0.1, -0.05) is 42.5 Å². The highest BCUT2D eigenvalue weighted by Gasteiger charge is 2.25. The molecule has 6 rings (SSSR count). The van der Waals surface area contributed by atoms with E-state index in [4.69, 9.17) is 0 Å². The van der Waals surface area contributed by atoms with Crippen LogP contribution in [0.15, 0.2) is 91.4 Å². The molecule has 0 aliphatic heterocycles. The van der Waals surface area contributed by atoms with E-state index in [1.165, 1.54) is 18.3 Å². The predicted molar refractivity (Wildman–Crippen MR) is 146 cm³/mol. The number of H-pyrrole nitrogens is 2. The van der Waals surface area contributed by atoms with Gasteiger partial charge in [-0.3, -0.25) is 19.9 Å². The summed E-state index contributed by atoms with van der Waals surface area (Å²) in [6.07, 6.45) is 4.84. The normalized spacial score (nSPS) is 11.9. The summed E-state index contributed by atoms with van der Waals surface area (Å²) in [5.74, 6) is -1.63. The average molecular weight is 520 g/mol. The Bertz CT molecular complexity index is 1810. The molecule has 192 valence electrons. The van der Waals surface area contributed by atoms with Crippen molar-refractivity contribution in [3.05, 3.63) is 108 Å². The van der Waals surface area contributed by atoms with Crippen LogP contribution in [0.25, 0.3) is 33.3 Å². The van der Waals surface area contributed by atoms with Gasteiger partial charge in [0.2, 0.25) is 11.9 Å². The first-order valence-corrected chi connectivity index (χ1v) is 12.2. The number of imidazole rings is 2. The number of nitrogens with zero attached hydrogens (tertiary/aromatic N) is 3. The smallest absolute Gasteiger partial charge is 0.251 e. The lowest BCUT2D eigenvalue weighted by Gasteiger charge is -2.18. The largest absolute Gasteiger partial charge is 0.351 e. The number of amides is 2. The van der Waals surface area contributed by atoms with Gasteiger partial charge in [0.25, 0.3) is 5.91 Å². The molecule has 0 aliphatic carbocycles. The van der Waals surface area contributed by atoms with E-state index in [9.17, 15) is 14.0 Å². The Morgan fingerprint density at radius 3 is 2.59 bits per heavy atom. The van der Waals surface area contributed by atoms with Crippen molar-refractivity contribution in [1.29, 1.82) is 0 Å². The number of fused-ring (bicyclic) bond motifs is 2. The lowest BCUT2D eigenvalue weighted by molar-refractivity contribution is -0.117. The van der Waals surface area contributed by atoms with Crippen molar-refractivity contribution in [2.75, 3.05) is 11.9 Å². The molecule has 3 heterocycles. The van der Waals surface area contributed by atoms with Gasteiger partial charge >= 0.3 is 0 Å². The fraction of sp³-hybridized carbons (Fsp3) is 0.0690. The molecule has 3 aromatic heterocycles. The van der Waals surface area contributed by atoms with Crippen molar-refractivity contribution >= 4 is 39.6 Å². The second kappa shape index (κ2) is 10.2. The summed E-state index contributed by atoms with van der Waals surface area (Å²) >= 11 is 0. The lowest BCUT2D eigenvalue weighted by atomic mass is 9.97. The summed E-state index contributed by atoms with van der Waals surface area (Å²) in [6.45, 7) is -0.125. The van der Waals surface area contributed by atoms with Crippen molar-refractivity contribution in [3.8, 4) is 11.5 Å². The van der Waals surface area contributed by atoms with Gasteiger partial charge in [-0.15, -0.1) is 0 Å². The minimum Gasteiger partial charge on any atom is -0.351 e. The van der Waals surface area contributed by atoms with E-state index < -0.39 is 23.5 Å². The van der Waals surface area contributed by atoms with E-state index in [0.717, 1.165) is 10.8 Å². The van der Waals surface area contributed by atoms with Crippen LogP contribution in [0.2, 0.25) is 0 Å². The zero-order chi connectivity index (χ0) is 26.8. The van der Waals surface area contributed by atoms with Crippen LogP contribution in [0.1, 0.15) is 21.8 Å². The maximum atomic E-state index is 14.6. The highest BCUT2D eigenvalue weighted by Crippen LogP contribution is 2.24. The molecule has 6 aromatic rings. The summed E-state index contributed by atoms with van der Waals surface area (Å²) < 4.78 is 14.6. The number of hydrogen-bond acceptors (Lipinski definition) is 5. The van der Waals surface area contributed by atoms with Crippen LogP contribution in [-0.2, 0) is 4.79 Å². The van der Waals surface area contributed by atoms with E-state index in [0.29, 0.717) is 28.1 Å². The van der Waals surface area contributed by atoms with E-state index >= 15 is 0 Å². The van der Waals surface area contributed by atoms with Crippen LogP contribution in [0.4, 0.5) is 10.3 Å². The molecule has 0 aliphatic rings. The third-order valence-electron chi connectivity index (χ3n) is 6.42. The Balaban J connectivity index is 1.22. The maximum Gasteiger partial charge on any atom is 0.251 e. The van der Waals surface area contributed by atoms with Gasteiger partial charge in [0.1, 0.15) is 11.5 Å². The first-order chi connectivity index (χ1) is 19.0. The van der Waals surface area contributed by atoms with Crippen molar-refractivity contribution in [3.63, 3.8) is 0 Å². The SMILES string of the molecule is O=C(NCC(C(=O)Nc1ncc[nH]1)c1ccccc1F)c1ccc2nc(-c3cc4ccccc4cn3)[nH]c2c1. The maximum absolute atomic E-state index is 14.6. The molecule has 0 bridgehead atoms. The van der Waals surface area contributed by atoms with Gasteiger partial charge in [0, 0.05) is 41.6 Å². The zero-order valence-corrected chi connectivity index (χ0v) is 20.5. The summed E-state index contributed by atoms with van der Waals surface area (Å²) in [5.41, 5.74) is 2.56. The number of carbonyl (C=O) groups excluding carboxylic acids is 2. The van der Waals surface area contributed by atoms with Gasteiger partial charge in [0.05, 0.1) is 17.0 Å². The molecule has 9 nitrogen and oxygen atoms in total. The van der Waals surface area contributed by atoms with Gasteiger partial charge in [-0.2, -0.15) is 0 Å². The van der Waals surface area contributed by atoms with Crippen molar-refractivity contribution in [2.24, 2.45) is 0 Å². The molecule has 2 amide bonds. The number of benzene rings is 3. The van der Waals surface area contributed by atoms with Crippen molar-refractivity contribution in [2.45, 2.75) is 5.92 Å². The zero-order valence-electron chi connectivity index (χ0n) is 20.5. The second-order valence-corrected chi connectivity index (χ2v) is 8.95. The Labute approximate surface area is 221 Å². The van der Waals surface area contributed by atoms with Gasteiger partial charge in [-0.05, 0) is 35.7 Å². The van der Waals surface area contributed by atoms with Crippen molar-refractivity contribution < 1.29 is 14.0 Å². The first-order valence-electron chi connectivity index (χ1n) is 12.2. The molecule has 0 fully saturated rings. The fourth-order valence-electron chi connectivity index (χ4n) is 4.42. The first kappa shape index (κ1) is 24.0. The topological polar surface area (TPSA) is 128 Å². The minimum absolute atomic E-state index is 0.125. The van der Waals surface area contributed by atoms with Crippen LogP contribution >= 0.6 is 0 Å². The van der Waals surface area contributed by atoms with Gasteiger partial charge in [0.15, 0.2) is 5.82 Å². The molecule has 1 atom stereocenters. The Kier molecular flexibility index (Phi) is 6.26. The molecule has 1 unspecified atom stereocenters. The summed E-state index contributed by atoms with van der Waals surface area (Å²) in [6, 6.07) is 20.9. The molecule has 0 saturated carbocycles. The lowest BCUT2D eigenvalue weighted by Crippen LogP contribution is -2.35. The number of pyridine rings is 1. The van der Waals surface area contributed by atoms with E-state index in [1.807, 2.05) is 30.3 Å². The van der Waals surface area contributed by atoms with Crippen LogP contribution < -0.4 is 10.6 Å². The number of carbonyl (C=O) groups is 2. The number of aromatic amines is 2. The molecular formula is C29H22FN7O2. The Morgan fingerprint density at radius 1 is 0.949 bits per heavy atom. The third kappa shape index (κ3) is 4.95. The van der Waals surface area contributed by atoms with Crippen LogP contribution in [0.3, 0.4) is 0 Å². The van der Waals surface area contributed by atoms with Gasteiger partial charge in [-0.25, -0.2) is 14.4 Å². The predicted octanol–water partition coefficient (Wildman–Crippen LogP) is 4.79. The minimum atomic E-state index is -0.985. The molecule has 10 heteroatoms. The van der Waals surface area contributed by atoms with Crippen molar-refractivity contribution in [1.82, 2.24) is 30.2 Å². The number of halogens is 1. The van der Waals surface area contributed by atoms with Gasteiger partial charge < -0.3 is 15.3 Å². The molecular weight excluding hydrogens is 497 g/mol. The summed E-state index contributed by atoms with van der Waals surface area (Å²) in [5, 5.41) is 7.46. The summed E-state index contributed by atoms with van der Waals surface area (Å²) in [7, 11) is 0. The molecule has 0 spiro atoms. The van der Waals surface area contributed by atoms with Crippen LogP contribution in [0, 0.1) is 5.82 Å². The molecule has 3 aromatic carbocycles. The Hall–Kier alpha value is -5.38. The molecule has 0 radical (unpaired) electrons. The number of hydrogen-bond donors (Lipinski definition) is 4. The standard InChI is InChI=1S/C29H22FN7O2/c30-22-8-4-3-7-20(22)21(28(39)37-29-31-11-12-32-29)16-34-27(38)18-9-10-23-24(14-18)36-26(35-23)25-13-17-5-1-2-6-19(17)15-33-25/h1-15,21H,16H2,(H,34,38)(H,35,36)(H2,31,32,37,39). The number of nitrogens with one attached hydrogen (secondary N) is 4. The summed E-state index contributed by atoms with van der Waals surface area (Å²) in [4.78, 5) is 45.2. The quantitative estimate of drug-likeness (QED) is 0.241. The Morgan fingerprint density at radius 2 is 1.77 bits per heavy atom. The molecule has 39 heavy (non-hydrogen) atoms. The molecule has 0 saturated heterocycles. The van der Waals surface area contributed by atoms with Crippen LogP contribution in [-0.4, -0.2) is 43.3 Å². The third-order valence-corrected chi connectivity index (χ3v) is 6.42. The average Bonchev–Trinajstić information content (AvgIpc) is 3.63.